The normalized spacial score (nSPS) is 24.0. The van der Waals surface area contributed by atoms with Crippen molar-refractivity contribution in [3.63, 3.8) is 0 Å². The van der Waals surface area contributed by atoms with Crippen LogP contribution in [0.3, 0.4) is 0 Å². The van der Waals surface area contributed by atoms with E-state index in [4.69, 9.17) is 4.74 Å². The Morgan fingerprint density at radius 2 is 2.38 bits per heavy atom. The van der Waals surface area contributed by atoms with Crippen molar-refractivity contribution in [2.24, 2.45) is 5.92 Å². The lowest BCUT2D eigenvalue weighted by Gasteiger charge is -2.14. The van der Waals surface area contributed by atoms with Gasteiger partial charge in [-0.2, -0.15) is 0 Å². The minimum Gasteiger partial charge on any atom is -0.371 e. The Kier molecular flexibility index (Phi) is 6.32. The van der Waals surface area contributed by atoms with E-state index in [-0.39, 0.29) is 0 Å². The Labute approximate surface area is 95.2 Å². The predicted molar refractivity (Wildman–Crippen MR) is 64.3 cm³/mol. The molecule has 0 bridgehead atoms. The summed E-state index contributed by atoms with van der Waals surface area (Å²) in [6, 6.07) is 0. The van der Waals surface area contributed by atoms with E-state index < -0.39 is 0 Å². The zero-order chi connectivity index (χ0) is 9.52. The summed E-state index contributed by atoms with van der Waals surface area (Å²) in [5.41, 5.74) is 0. The standard InChI is InChI=1S/C10H20INO/c1-2-10-4-6-12(8-10)5-3-7-13-9-11/h10H,2-9H2,1H3/t10-/m1/s1. The molecule has 0 radical (unpaired) electrons. The molecule has 0 aromatic heterocycles. The number of hydrogen-bond acceptors (Lipinski definition) is 2. The van der Waals surface area contributed by atoms with Gasteiger partial charge in [-0.15, -0.1) is 0 Å². The summed E-state index contributed by atoms with van der Waals surface area (Å²) < 4.78 is 6.14. The molecule has 0 aromatic carbocycles. The first-order valence-corrected chi connectivity index (χ1v) is 6.75. The van der Waals surface area contributed by atoms with Crippen LogP contribution in [-0.4, -0.2) is 35.8 Å². The lowest BCUT2D eigenvalue weighted by Crippen LogP contribution is -2.22. The molecule has 1 aliphatic rings. The summed E-state index contributed by atoms with van der Waals surface area (Å²) >= 11 is 2.25. The Balaban J connectivity index is 1.97. The van der Waals surface area contributed by atoms with Gasteiger partial charge in [-0.3, -0.25) is 0 Å². The molecule has 0 aromatic rings. The Bertz CT molecular complexity index is 132. The molecule has 13 heavy (non-hydrogen) atoms. The Hall–Kier alpha value is 0.650. The highest BCUT2D eigenvalue weighted by atomic mass is 127. The van der Waals surface area contributed by atoms with Gasteiger partial charge in [-0.05, 0) is 25.3 Å². The first-order chi connectivity index (χ1) is 6.36. The highest BCUT2D eigenvalue weighted by Crippen LogP contribution is 2.18. The molecule has 1 saturated heterocycles. The van der Waals surface area contributed by atoms with Crippen LogP contribution in [0.15, 0.2) is 0 Å². The molecule has 0 unspecified atom stereocenters. The van der Waals surface area contributed by atoms with Crippen LogP contribution < -0.4 is 0 Å². The van der Waals surface area contributed by atoms with Crippen molar-refractivity contribution in [2.75, 3.05) is 30.9 Å². The number of ether oxygens (including phenoxy) is 1. The Morgan fingerprint density at radius 3 is 3.00 bits per heavy atom. The van der Waals surface area contributed by atoms with Crippen molar-refractivity contribution in [1.82, 2.24) is 4.90 Å². The number of likely N-dealkylation sites (tertiary alicyclic amines) is 1. The average Bonchev–Trinajstić information content (AvgIpc) is 2.60. The van der Waals surface area contributed by atoms with Crippen molar-refractivity contribution in [1.29, 1.82) is 0 Å². The van der Waals surface area contributed by atoms with Crippen molar-refractivity contribution < 1.29 is 4.74 Å². The molecule has 0 amide bonds. The molecule has 0 spiro atoms. The minimum absolute atomic E-state index is 0.829. The maximum absolute atomic E-state index is 5.31. The number of rotatable bonds is 6. The first-order valence-electron chi connectivity index (χ1n) is 5.23. The second-order valence-electron chi connectivity index (χ2n) is 3.73. The summed E-state index contributed by atoms with van der Waals surface area (Å²) in [7, 11) is 0. The molecule has 1 atom stereocenters. The molecule has 1 rings (SSSR count). The van der Waals surface area contributed by atoms with E-state index in [9.17, 15) is 0 Å². The van der Waals surface area contributed by atoms with E-state index >= 15 is 0 Å². The van der Waals surface area contributed by atoms with Crippen LogP contribution in [0.1, 0.15) is 26.2 Å². The molecule has 0 N–H and O–H groups in total. The number of nitrogens with zero attached hydrogens (tertiary/aromatic N) is 1. The average molecular weight is 297 g/mol. The summed E-state index contributed by atoms with van der Waals surface area (Å²) in [4.78, 5) is 2.57. The van der Waals surface area contributed by atoms with Crippen LogP contribution in [0.25, 0.3) is 0 Å². The summed E-state index contributed by atoms with van der Waals surface area (Å²) in [6.07, 6.45) is 3.95. The van der Waals surface area contributed by atoms with Gasteiger partial charge in [0, 0.05) is 19.7 Å². The molecular formula is C10H20INO. The summed E-state index contributed by atoms with van der Waals surface area (Å²) in [5.74, 6) is 0.963. The number of alkyl halides is 1. The molecular weight excluding hydrogens is 277 g/mol. The van der Waals surface area contributed by atoms with Gasteiger partial charge in [0.1, 0.15) is 0 Å². The lowest BCUT2D eigenvalue weighted by molar-refractivity contribution is 0.172. The molecule has 0 saturated carbocycles. The Morgan fingerprint density at radius 1 is 1.54 bits per heavy atom. The summed E-state index contributed by atoms with van der Waals surface area (Å²) in [6.45, 7) is 7.08. The highest BCUT2D eigenvalue weighted by molar-refractivity contribution is 14.1. The van der Waals surface area contributed by atoms with Crippen molar-refractivity contribution in [3.8, 4) is 0 Å². The topological polar surface area (TPSA) is 12.5 Å². The van der Waals surface area contributed by atoms with Crippen LogP contribution in [-0.2, 0) is 4.74 Å². The second-order valence-corrected chi connectivity index (χ2v) is 4.36. The van der Waals surface area contributed by atoms with Crippen molar-refractivity contribution in [2.45, 2.75) is 26.2 Å². The molecule has 1 fully saturated rings. The summed E-state index contributed by atoms with van der Waals surface area (Å²) in [5, 5.41) is 0. The van der Waals surface area contributed by atoms with Crippen LogP contribution >= 0.6 is 22.6 Å². The van der Waals surface area contributed by atoms with Crippen LogP contribution in [0.5, 0.6) is 0 Å². The fourth-order valence-corrected chi connectivity index (χ4v) is 2.21. The SMILES string of the molecule is CC[C@@H]1CCN(CCCOCI)C1. The second kappa shape index (κ2) is 7.01. The van der Waals surface area contributed by atoms with Gasteiger partial charge in [0.15, 0.2) is 0 Å². The predicted octanol–water partition coefficient (Wildman–Crippen LogP) is 2.52. The molecule has 3 heteroatoms. The highest BCUT2D eigenvalue weighted by Gasteiger charge is 2.19. The maximum Gasteiger partial charge on any atom is 0.0979 e. The van der Waals surface area contributed by atoms with Gasteiger partial charge in [0.05, 0.1) is 4.61 Å². The third-order valence-corrected chi connectivity index (χ3v) is 3.23. The fraction of sp³-hybridized carbons (Fsp3) is 1.00. The van der Waals surface area contributed by atoms with Gasteiger partial charge < -0.3 is 9.64 Å². The number of hydrogen-bond donors (Lipinski definition) is 0. The van der Waals surface area contributed by atoms with E-state index in [0.29, 0.717) is 0 Å². The first kappa shape index (κ1) is 11.7. The molecule has 2 nitrogen and oxygen atoms in total. The minimum atomic E-state index is 0.829. The van der Waals surface area contributed by atoms with Crippen molar-refractivity contribution >= 4 is 22.6 Å². The van der Waals surface area contributed by atoms with Crippen molar-refractivity contribution in [3.05, 3.63) is 0 Å². The van der Waals surface area contributed by atoms with E-state index in [1.165, 1.54) is 38.9 Å². The maximum atomic E-state index is 5.31. The smallest absolute Gasteiger partial charge is 0.0979 e. The third-order valence-electron chi connectivity index (χ3n) is 2.79. The molecule has 78 valence electrons. The van der Waals surface area contributed by atoms with Crippen LogP contribution in [0, 0.1) is 5.92 Å². The van der Waals surface area contributed by atoms with Gasteiger partial charge in [-0.1, -0.05) is 35.9 Å². The van der Waals surface area contributed by atoms with Crippen LogP contribution in [0.2, 0.25) is 0 Å². The van der Waals surface area contributed by atoms with Gasteiger partial charge in [0.2, 0.25) is 0 Å². The zero-order valence-corrected chi connectivity index (χ0v) is 10.6. The van der Waals surface area contributed by atoms with E-state index in [1.54, 1.807) is 0 Å². The molecule has 0 aliphatic carbocycles. The molecule has 1 heterocycles. The van der Waals surface area contributed by atoms with Gasteiger partial charge in [0.25, 0.3) is 0 Å². The van der Waals surface area contributed by atoms with E-state index in [2.05, 4.69) is 34.4 Å². The largest absolute Gasteiger partial charge is 0.371 e. The number of halogens is 1. The fourth-order valence-electron chi connectivity index (χ4n) is 1.89. The zero-order valence-electron chi connectivity index (χ0n) is 8.47. The third kappa shape index (κ3) is 4.61. The van der Waals surface area contributed by atoms with Crippen LogP contribution in [0.4, 0.5) is 0 Å². The van der Waals surface area contributed by atoms with Gasteiger partial charge in [-0.25, -0.2) is 0 Å². The molecule has 1 aliphatic heterocycles. The quantitative estimate of drug-likeness (QED) is 0.424. The lowest BCUT2D eigenvalue weighted by atomic mass is 10.1. The van der Waals surface area contributed by atoms with Gasteiger partial charge >= 0.3 is 0 Å². The van der Waals surface area contributed by atoms with E-state index in [0.717, 1.165) is 17.1 Å². The monoisotopic (exact) mass is 297 g/mol. The van der Waals surface area contributed by atoms with E-state index in [1.807, 2.05) is 0 Å².